The van der Waals surface area contributed by atoms with E-state index in [1.165, 1.54) is 12.8 Å². The van der Waals surface area contributed by atoms with Crippen molar-refractivity contribution in [2.75, 3.05) is 0 Å². The second kappa shape index (κ2) is 2.28. The molecule has 0 aliphatic heterocycles. The Morgan fingerprint density at radius 1 is 1.38 bits per heavy atom. The van der Waals surface area contributed by atoms with Crippen LogP contribution in [0, 0.1) is 22.7 Å². The second-order valence-electron chi connectivity index (χ2n) is 5.57. The summed E-state index contributed by atoms with van der Waals surface area (Å²) in [6, 6.07) is 0. The van der Waals surface area contributed by atoms with Crippen LogP contribution in [0.1, 0.15) is 40.0 Å². The van der Waals surface area contributed by atoms with Gasteiger partial charge in [0, 0.05) is 5.92 Å². The Morgan fingerprint density at radius 3 is 2.23 bits per heavy atom. The van der Waals surface area contributed by atoms with E-state index in [1.54, 1.807) is 0 Å². The summed E-state index contributed by atoms with van der Waals surface area (Å²) in [6.07, 6.45) is 3.49. The molecule has 0 spiro atoms. The highest BCUT2D eigenvalue weighted by molar-refractivity contribution is 5.78. The molecule has 0 aromatic rings. The summed E-state index contributed by atoms with van der Waals surface area (Å²) < 4.78 is 0. The molecule has 0 heterocycles. The Morgan fingerprint density at radius 2 is 2.00 bits per heavy atom. The van der Waals surface area contributed by atoms with E-state index in [0.29, 0.717) is 5.41 Å². The highest BCUT2D eigenvalue weighted by atomic mass is 16.1. The normalized spacial score (nSPS) is 46.7. The summed E-state index contributed by atoms with van der Waals surface area (Å²) in [5.41, 5.74) is 5.93. The first-order valence-electron chi connectivity index (χ1n) is 5.19. The molecule has 2 fully saturated rings. The van der Waals surface area contributed by atoms with Gasteiger partial charge in [-0.3, -0.25) is 4.79 Å². The van der Waals surface area contributed by atoms with E-state index >= 15 is 0 Å². The summed E-state index contributed by atoms with van der Waals surface area (Å²) in [7, 11) is 0. The SMILES string of the molecule is CC1(C)[C@@H]2CC[C@]1(C)[C@@H](C(N)=O)C2. The van der Waals surface area contributed by atoms with Crippen LogP contribution in [0.25, 0.3) is 0 Å². The van der Waals surface area contributed by atoms with Gasteiger partial charge in [0.25, 0.3) is 0 Å². The summed E-state index contributed by atoms with van der Waals surface area (Å²) in [6.45, 7) is 6.84. The minimum atomic E-state index is -0.0854. The Bertz CT molecular complexity index is 259. The number of nitrogens with two attached hydrogens (primary N) is 1. The maximum absolute atomic E-state index is 11.3. The lowest BCUT2D eigenvalue weighted by Crippen LogP contribution is -2.39. The molecule has 3 atom stereocenters. The fourth-order valence-corrected chi connectivity index (χ4v) is 3.63. The van der Waals surface area contributed by atoms with Gasteiger partial charge in [0.2, 0.25) is 5.91 Å². The van der Waals surface area contributed by atoms with Crippen LogP contribution in [-0.2, 0) is 4.79 Å². The predicted molar refractivity (Wildman–Crippen MR) is 51.9 cm³/mol. The zero-order valence-corrected chi connectivity index (χ0v) is 8.76. The van der Waals surface area contributed by atoms with E-state index in [0.717, 1.165) is 12.3 Å². The third-order valence-electron chi connectivity index (χ3n) is 5.14. The van der Waals surface area contributed by atoms with Gasteiger partial charge in [-0.15, -0.1) is 0 Å². The largest absolute Gasteiger partial charge is 0.369 e. The van der Waals surface area contributed by atoms with Crippen LogP contribution in [0.2, 0.25) is 0 Å². The molecule has 0 unspecified atom stereocenters. The molecule has 0 radical (unpaired) electrons. The molecular formula is C11H19NO. The van der Waals surface area contributed by atoms with Crippen LogP contribution in [-0.4, -0.2) is 5.91 Å². The van der Waals surface area contributed by atoms with E-state index in [4.69, 9.17) is 5.73 Å². The average molecular weight is 181 g/mol. The van der Waals surface area contributed by atoms with E-state index in [2.05, 4.69) is 20.8 Å². The number of rotatable bonds is 1. The Hall–Kier alpha value is -0.530. The Balaban J connectivity index is 2.38. The molecule has 2 bridgehead atoms. The molecule has 13 heavy (non-hydrogen) atoms. The van der Waals surface area contributed by atoms with Gasteiger partial charge >= 0.3 is 0 Å². The van der Waals surface area contributed by atoms with Crippen LogP contribution < -0.4 is 5.73 Å². The molecule has 0 aromatic carbocycles. The maximum atomic E-state index is 11.3. The number of amides is 1. The number of hydrogen-bond acceptors (Lipinski definition) is 1. The second-order valence-corrected chi connectivity index (χ2v) is 5.57. The van der Waals surface area contributed by atoms with E-state index in [-0.39, 0.29) is 17.2 Å². The zero-order chi connectivity index (χ0) is 9.85. The molecule has 2 saturated carbocycles. The van der Waals surface area contributed by atoms with Crippen molar-refractivity contribution in [2.24, 2.45) is 28.4 Å². The third kappa shape index (κ3) is 0.866. The van der Waals surface area contributed by atoms with Crippen molar-refractivity contribution in [3.8, 4) is 0 Å². The molecule has 2 rings (SSSR count). The summed E-state index contributed by atoms with van der Waals surface area (Å²) >= 11 is 0. The van der Waals surface area contributed by atoms with Crippen LogP contribution in [0.4, 0.5) is 0 Å². The fraction of sp³-hybridized carbons (Fsp3) is 0.909. The topological polar surface area (TPSA) is 43.1 Å². The lowest BCUT2D eigenvalue weighted by Gasteiger charge is -2.37. The van der Waals surface area contributed by atoms with Crippen molar-refractivity contribution in [2.45, 2.75) is 40.0 Å². The van der Waals surface area contributed by atoms with Crippen molar-refractivity contribution in [1.82, 2.24) is 0 Å². The smallest absolute Gasteiger partial charge is 0.221 e. The molecule has 0 saturated heterocycles. The van der Waals surface area contributed by atoms with Crippen molar-refractivity contribution >= 4 is 5.91 Å². The van der Waals surface area contributed by atoms with Gasteiger partial charge in [0.15, 0.2) is 0 Å². The summed E-state index contributed by atoms with van der Waals surface area (Å²) in [4.78, 5) is 11.3. The molecule has 2 nitrogen and oxygen atoms in total. The molecule has 1 amide bonds. The Labute approximate surface area is 79.9 Å². The van der Waals surface area contributed by atoms with Crippen LogP contribution in [0.15, 0.2) is 0 Å². The fourth-order valence-electron chi connectivity index (χ4n) is 3.63. The number of fused-ring (bicyclic) bond motifs is 2. The summed E-state index contributed by atoms with van der Waals surface area (Å²) in [5, 5.41) is 0. The summed E-state index contributed by atoms with van der Waals surface area (Å²) in [5.74, 6) is 0.758. The molecule has 2 aliphatic rings. The maximum Gasteiger partial charge on any atom is 0.221 e. The quantitative estimate of drug-likeness (QED) is 0.660. The van der Waals surface area contributed by atoms with Crippen molar-refractivity contribution in [1.29, 1.82) is 0 Å². The van der Waals surface area contributed by atoms with Gasteiger partial charge in [-0.2, -0.15) is 0 Å². The lowest BCUT2D eigenvalue weighted by molar-refractivity contribution is -0.126. The van der Waals surface area contributed by atoms with Gasteiger partial charge < -0.3 is 5.73 Å². The molecule has 2 aliphatic carbocycles. The highest BCUT2D eigenvalue weighted by Crippen LogP contribution is 2.67. The van der Waals surface area contributed by atoms with Crippen LogP contribution in [0.3, 0.4) is 0 Å². The number of primary amides is 1. The average Bonchev–Trinajstić information content (AvgIpc) is 2.34. The monoisotopic (exact) mass is 181 g/mol. The van der Waals surface area contributed by atoms with Crippen molar-refractivity contribution in [3.63, 3.8) is 0 Å². The molecule has 74 valence electrons. The van der Waals surface area contributed by atoms with E-state index < -0.39 is 0 Å². The first-order chi connectivity index (χ1) is 5.89. The zero-order valence-electron chi connectivity index (χ0n) is 8.76. The number of carbonyl (C=O) groups excluding carboxylic acids is 1. The van der Waals surface area contributed by atoms with Crippen molar-refractivity contribution < 1.29 is 4.79 Å². The standard InChI is InChI=1S/C11H19NO/c1-10(2)7-4-5-11(10,3)8(6-7)9(12)13/h7-8H,4-6H2,1-3H3,(H2,12,13)/t7-,8-,11-/m1/s1. The van der Waals surface area contributed by atoms with Gasteiger partial charge in [0.05, 0.1) is 0 Å². The van der Waals surface area contributed by atoms with Gasteiger partial charge in [-0.1, -0.05) is 20.8 Å². The lowest BCUT2D eigenvalue weighted by atomic mass is 9.66. The van der Waals surface area contributed by atoms with Crippen LogP contribution >= 0.6 is 0 Å². The minimum absolute atomic E-state index is 0.0854. The van der Waals surface area contributed by atoms with E-state index in [9.17, 15) is 4.79 Å². The number of hydrogen-bond donors (Lipinski definition) is 1. The van der Waals surface area contributed by atoms with E-state index in [1.807, 2.05) is 0 Å². The molecule has 2 N–H and O–H groups in total. The first kappa shape index (κ1) is 9.04. The first-order valence-corrected chi connectivity index (χ1v) is 5.19. The van der Waals surface area contributed by atoms with Crippen molar-refractivity contribution in [3.05, 3.63) is 0 Å². The van der Waals surface area contributed by atoms with Gasteiger partial charge in [-0.05, 0) is 36.0 Å². The Kier molecular flexibility index (Phi) is 1.59. The minimum Gasteiger partial charge on any atom is -0.369 e. The highest BCUT2D eigenvalue weighted by Gasteiger charge is 2.62. The van der Waals surface area contributed by atoms with Gasteiger partial charge in [0.1, 0.15) is 0 Å². The third-order valence-corrected chi connectivity index (χ3v) is 5.14. The number of carbonyl (C=O) groups is 1. The van der Waals surface area contributed by atoms with Crippen LogP contribution in [0.5, 0.6) is 0 Å². The molecule has 2 heteroatoms. The predicted octanol–water partition coefficient (Wildman–Crippen LogP) is 1.93. The molecular weight excluding hydrogens is 162 g/mol. The molecule has 0 aromatic heterocycles. The van der Waals surface area contributed by atoms with Gasteiger partial charge in [-0.25, -0.2) is 0 Å².